The van der Waals surface area contributed by atoms with Crippen molar-refractivity contribution in [2.45, 2.75) is 26.0 Å². The van der Waals surface area contributed by atoms with E-state index < -0.39 is 0 Å². The molecule has 0 rings (SSSR count). The number of nitrogens with one attached hydrogen (secondary N) is 1. The summed E-state index contributed by atoms with van der Waals surface area (Å²) in [5.74, 6) is 5.55. The van der Waals surface area contributed by atoms with E-state index in [1.54, 1.807) is 6.92 Å². The van der Waals surface area contributed by atoms with Crippen molar-refractivity contribution in [1.29, 1.82) is 0 Å². The zero-order chi connectivity index (χ0) is 9.23. The van der Waals surface area contributed by atoms with Crippen LogP contribution in [0, 0.1) is 11.8 Å². The number of hydrogen-bond donors (Lipinski definition) is 2. The normalized spacial score (nSPS) is 11.9. The van der Waals surface area contributed by atoms with Crippen molar-refractivity contribution in [3.05, 3.63) is 0 Å². The van der Waals surface area contributed by atoms with E-state index in [-0.39, 0.29) is 6.23 Å². The summed E-state index contributed by atoms with van der Waals surface area (Å²) in [6.07, 6.45) is 1.75. The maximum absolute atomic E-state index is 5.64. The van der Waals surface area contributed by atoms with Gasteiger partial charge in [-0.1, -0.05) is 5.92 Å². The van der Waals surface area contributed by atoms with E-state index >= 15 is 0 Å². The van der Waals surface area contributed by atoms with Crippen molar-refractivity contribution in [1.82, 2.24) is 5.32 Å². The van der Waals surface area contributed by atoms with Gasteiger partial charge in [0.2, 0.25) is 0 Å². The van der Waals surface area contributed by atoms with Crippen LogP contribution < -0.4 is 11.1 Å². The molecule has 0 amide bonds. The fraction of sp³-hybridized carbons (Fsp3) is 0.778. The smallest absolute Gasteiger partial charge is 0.109 e. The molecule has 0 aromatic heterocycles. The second-order valence-electron chi connectivity index (χ2n) is 2.52. The Bertz CT molecular complexity index is 148. The number of ether oxygens (including phenoxy) is 1. The average molecular weight is 170 g/mol. The molecule has 70 valence electrons. The van der Waals surface area contributed by atoms with Gasteiger partial charge in [0.05, 0.1) is 0 Å². The van der Waals surface area contributed by atoms with E-state index in [1.165, 1.54) is 0 Å². The first kappa shape index (κ1) is 11.4. The Morgan fingerprint density at radius 3 is 2.92 bits per heavy atom. The van der Waals surface area contributed by atoms with E-state index in [9.17, 15) is 0 Å². The Kier molecular flexibility index (Phi) is 8.14. The van der Waals surface area contributed by atoms with Gasteiger partial charge in [0.15, 0.2) is 0 Å². The summed E-state index contributed by atoms with van der Waals surface area (Å²) >= 11 is 0. The van der Waals surface area contributed by atoms with Gasteiger partial charge in [-0.15, -0.1) is 5.92 Å². The van der Waals surface area contributed by atoms with Crippen LogP contribution in [0.5, 0.6) is 0 Å². The summed E-state index contributed by atoms with van der Waals surface area (Å²) < 4.78 is 5.21. The van der Waals surface area contributed by atoms with Crippen LogP contribution in [0.15, 0.2) is 0 Å². The van der Waals surface area contributed by atoms with Gasteiger partial charge < -0.3 is 15.8 Å². The summed E-state index contributed by atoms with van der Waals surface area (Å²) in [6, 6.07) is 0. The predicted molar refractivity (Wildman–Crippen MR) is 50.5 cm³/mol. The van der Waals surface area contributed by atoms with Crippen molar-refractivity contribution in [2.75, 3.05) is 20.2 Å². The lowest BCUT2D eigenvalue weighted by molar-refractivity contribution is 0.0750. The second-order valence-corrected chi connectivity index (χ2v) is 2.52. The van der Waals surface area contributed by atoms with Crippen LogP contribution in [0.25, 0.3) is 0 Å². The maximum Gasteiger partial charge on any atom is 0.109 e. The molecular weight excluding hydrogens is 152 g/mol. The van der Waals surface area contributed by atoms with Gasteiger partial charge in [-0.2, -0.15) is 0 Å². The highest BCUT2D eigenvalue weighted by Crippen LogP contribution is 1.94. The summed E-state index contributed by atoms with van der Waals surface area (Å²) in [7, 11) is 1.93. The Balaban J connectivity index is 3.19. The summed E-state index contributed by atoms with van der Waals surface area (Å²) in [4.78, 5) is 0. The Labute approximate surface area is 74.7 Å². The third kappa shape index (κ3) is 7.55. The van der Waals surface area contributed by atoms with Crippen LogP contribution in [0.4, 0.5) is 0 Å². The quantitative estimate of drug-likeness (QED) is 0.343. The molecule has 0 spiro atoms. The zero-order valence-corrected chi connectivity index (χ0v) is 7.89. The third-order valence-electron chi connectivity index (χ3n) is 1.46. The second kappa shape index (κ2) is 8.54. The number of rotatable bonds is 6. The summed E-state index contributed by atoms with van der Waals surface area (Å²) in [5, 5.41) is 3.05. The van der Waals surface area contributed by atoms with E-state index in [0.717, 1.165) is 19.4 Å². The number of hydrogen-bond acceptors (Lipinski definition) is 3. The van der Waals surface area contributed by atoms with Gasteiger partial charge in [-0.3, -0.25) is 0 Å². The molecule has 0 fully saturated rings. The first-order valence-corrected chi connectivity index (χ1v) is 4.22. The zero-order valence-electron chi connectivity index (χ0n) is 7.89. The minimum atomic E-state index is -0.167. The lowest BCUT2D eigenvalue weighted by atomic mass is 10.3. The first-order chi connectivity index (χ1) is 5.81. The van der Waals surface area contributed by atoms with E-state index in [0.29, 0.717) is 6.61 Å². The molecule has 0 aromatic rings. The Hall–Kier alpha value is -0.560. The van der Waals surface area contributed by atoms with Crippen LogP contribution in [-0.4, -0.2) is 26.4 Å². The summed E-state index contributed by atoms with van der Waals surface area (Å²) in [6.45, 7) is 3.21. The van der Waals surface area contributed by atoms with Crippen molar-refractivity contribution in [3.8, 4) is 11.8 Å². The van der Waals surface area contributed by atoms with E-state index in [2.05, 4.69) is 17.2 Å². The molecule has 3 N–H and O–H groups in total. The van der Waals surface area contributed by atoms with Crippen LogP contribution in [0.1, 0.15) is 19.8 Å². The molecule has 0 bridgehead atoms. The van der Waals surface area contributed by atoms with Gasteiger partial charge in [0.25, 0.3) is 0 Å². The van der Waals surface area contributed by atoms with Gasteiger partial charge in [0.1, 0.15) is 12.8 Å². The van der Waals surface area contributed by atoms with Gasteiger partial charge in [-0.25, -0.2) is 0 Å². The highest BCUT2D eigenvalue weighted by molar-refractivity contribution is 4.94. The largest absolute Gasteiger partial charge is 0.351 e. The lowest BCUT2D eigenvalue weighted by Gasteiger charge is -2.09. The minimum Gasteiger partial charge on any atom is -0.351 e. The molecule has 3 heteroatoms. The molecule has 3 nitrogen and oxygen atoms in total. The van der Waals surface area contributed by atoms with Gasteiger partial charge >= 0.3 is 0 Å². The molecule has 0 heterocycles. The predicted octanol–water partition coefficient (Wildman–Crippen LogP) is 0.311. The molecule has 0 saturated heterocycles. The Morgan fingerprint density at radius 2 is 2.33 bits per heavy atom. The SMILES string of the molecule is CC#CCOC(N)CCCNC. The molecule has 0 aromatic carbocycles. The van der Waals surface area contributed by atoms with E-state index in [1.807, 2.05) is 7.05 Å². The van der Waals surface area contributed by atoms with Crippen LogP contribution in [-0.2, 0) is 4.74 Å². The van der Waals surface area contributed by atoms with Crippen molar-refractivity contribution in [3.63, 3.8) is 0 Å². The first-order valence-electron chi connectivity index (χ1n) is 4.22. The van der Waals surface area contributed by atoms with Crippen molar-refractivity contribution < 1.29 is 4.74 Å². The number of nitrogens with two attached hydrogens (primary N) is 1. The molecule has 12 heavy (non-hydrogen) atoms. The third-order valence-corrected chi connectivity index (χ3v) is 1.46. The molecule has 0 radical (unpaired) electrons. The maximum atomic E-state index is 5.64. The lowest BCUT2D eigenvalue weighted by Crippen LogP contribution is -2.25. The van der Waals surface area contributed by atoms with Crippen LogP contribution in [0.3, 0.4) is 0 Å². The Morgan fingerprint density at radius 1 is 1.58 bits per heavy atom. The van der Waals surface area contributed by atoms with Crippen molar-refractivity contribution in [2.24, 2.45) is 5.73 Å². The molecular formula is C9H18N2O. The molecule has 1 atom stereocenters. The molecule has 0 aliphatic rings. The van der Waals surface area contributed by atoms with Gasteiger partial charge in [0, 0.05) is 0 Å². The van der Waals surface area contributed by atoms with Crippen LogP contribution >= 0.6 is 0 Å². The van der Waals surface area contributed by atoms with Gasteiger partial charge in [-0.05, 0) is 33.4 Å². The fourth-order valence-corrected chi connectivity index (χ4v) is 0.784. The molecule has 1 unspecified atom stereocenters. The monoisotopic (exact) mass is 170 g/mol. The minimum absolute atomic E-state index is 0.167. The molecule has 0 saturated carbocycles. The fourth-order valence-electron chi connectivity index (χ4n) is 0.784. The molecule has 0 aliphatic heterocycles. The van der Waals surface area contributed by atoms with E-state index in [4.69, 9.17) is 10.5 Å². The highest BCUT2D eigenvalue weighted by Gasteiger charge is 1.99. The van der Waals surface area contributed by atoms with Crippen LogP contribution in [0.2, 0.25) is 0 Å². The highest BCUT2D eigenvalue weighted by atomic mass is 16.5. The average Bonchev–Trinajstić information content (AvgIpc) is 2.06. The molecule has 0 aliphatic carbocycles. The van der Waals surface area contributed by atoms with Crippen molar-refractivity contribution >= 4 is 0 Å². The standard InChI is InChI=1S/C9H18N2O/c1-3-4-8-12-9(10)6-5-7-11-2/h9,11H,5-8,10H2,1-2H3. The summed E-state index contributed by atoms with van der Waals surface area (Å²) in [5.41, 5.74) is 5.64. The topological polar surface area (TPSA) is 47.3 Å².